The zero-order valence-electron chi connectivity index (χ0n) is 8.80. The van der Waals surface area contributed by atoms with Gasteiger partial charge in [0.15, 0.2) is 0 Å². The highest BCUT2D eigenvalue weighted by Crippen LogP contribution is 2.32. The van der Waals surface area contributed by atoms with E-state index in [2.05, 4.69) is 4.90 Å². The Labute approximate surface area is 93.4 Å². The van der Waals surface area contributed by atoms with Crippen molar-refractivity contribution in [3.05, 3.63) is 29.8 Å². The van der Waals surface area contributed by atoms with Crippen LogP contribution in [-0.4, -0.2) is 36.4 Å². The van der Waals surface area contributed by atoms with Gasteiger partial charge < -0.3 is 14.7 Å². The van der Waals surface area contributed by atoms with Crippen molar-refractivity contribution in [2.75, 3.05) is 18.0 Å². The monoisotopic (exact) mass is 219 g/mol. The van der Waals surface area contributed by atoms with Crippen LogP contribution in [0.5, 0.6) is 0 Å². The summed E-state index contributed by atoms with van der Waals surface area (Å²) >= 11 is 0. The molecule has 4 heteroatoms. The van der Waals surface area contributed by atoms with E-state index in [0.717, 1.165) is 25.2 Å². The molecule has 0 aromatic heterocycles. The van der Waals surface area contributed by atoms with Gasteiger partial charge in [-0.1, -0.05) is 12.1 Å². The van der Waals surface area contributed by atoms with Gasteiger partial charge in [-0.3, -0.25) is 0 Å². The second-order valence-electron chi connectivity index (χ2n) is 4.34. The molecular weight excluding hydrogens is 206 g/mol. The number of para-hydroxylation sites is 1. The SMILES string of the molecule is O=C(O)c1ccccc1N1CC2CC(C1)O2. The number of morpholine rings is 1. The summed E-state index contributed by atoms with van der Waals surface area (Å²) in [6.45, 7) is 1.61. The molecule has 0 spiro atoms. The third kappa shape index (κ3) is 1.46. The summed E-state index contributed by atoms with van der Waals surface area (Å²) in [7, 11) is 0. The molecule has 16 heavy (non-hydrogen) atoms. The Bertz CT molecular complexity index is 416. The lowest BCUT2D eigenvalue weighted by Gasteiger charge is -2.48. The number of fused-ring (bicyclic) bond motifs is 2. The van der Waals surface area contributed by atoms with Crippen molar-refractivity contribution in [2.45, 2.75) is 18.6 Å². The quantitative estimate of drug-likeness (QED) is 0.816. The Morgan fingerprint density at radius 2 is 1.94 bits per heavy atom. The van der Waals surface area contributed by atoms with E-state index in [0.29, 0.717) is 17.8 Å². The van der Waals surface area contributed by atoms with Gasteiger partial charge in [0, 0.05) is 19.5 Å². The molecule has 0 radical (unpaired) electrons. The molecule has 1 aromatic carbocycles. The lowest BCUT2D eigenvalue weighted by atomic mass is 9.97. The summed E-state index contributed by atoms with van der Waals surface area (Å²) in [6.07, 6.45) is 1.70. The predicted octanol–water partition coefficient (Wildman–Crippen LogP) is 1.36. The number of carboxylic acid groups (broad SMARTS) is 1. The Morgan fingerprint density at radius 1 is 1.31 bits per heavy atom. The van der Waals surface area contributed by atoms with Gasteiger partial charge in [0.1, 0.15) is 0 Å². The van der Waals surface area contributed by atoms with Gasteiger partial charge in [-0.15, -0.1) is 0 Å². The number of carbonyl (C=O) groups is 1. The molecule has 3 saturated heterocycles. The van der Waals surface area contributed by atoms with Gasteiger partial charge in [0.2, 0.25) is 0 Å². The van der Waals surface area contributed by atoms with Gasteiger partial charge in [-0.25, -0.2) is 4.79 Å². The van der Waals surface area contributed by atoms with Crippen molar-refractivity contribution in [3.63, 3.8) is 0 Å². The van der Waals surface area contributed by atoms with E-state index in [1.54, 1.807) is 12.1 Å². The number of nitrogens with zero attached hydrogens (tertiary/aromatic N) is 1. The first-order valence-electron chi connectivity index (χ1n) is 5.47. The molecule has 2 atom stereocenters. The van der Waals surface area contributed by atoms with E-state index in [4.69, 9.17) is 9.84 Å². The summed E-state index contributed by atoms with van der Waals surface area (Å²) in [5.41, 5.74) is 1.19. The van der Waals surface area contributed by atoms with E-state index >= 15 is 0 Å². The Balaban J connectivity index is 1.91. The van der Waals surface area contributed by atoms with Crippen LogP contribution >= 0.6 is 0 Å². The molecule has 2 bridgehead atoms. The molecule has 4 rings (SSSR count). The van der Waals surface area contributed by atoms with Gasteiger partial charge in [-0.2, -0.15) is 0 Å². The summed E-state index contributed by atoms with van der Waals surface area (Å²) in [5, 5.41) is 9.12. The zero-order chi connectivity index (χ0) is 11.1. The molecule has 84 valence electrons. The van der Waals surface area contributed by atoms with Crippen LogP contribution in [0.4, 0.5) is 5.69 Å². The molecule has 0 saturated carbocycles. The van der Waals surface area contributed by atoms with E-state index < -0.39 is 5.97 Å². The largest absolute Gasteiger partial charge is 0.478 e. The lowest BCUT2D eigenvalue weighted by Crippen LogP contribution is -2.57. The smallest absolute Gasteiger partial charge is 0.337 e. The van der Waals surface area contributed by atoms with Crippen molar-refractivity contribution in [3.8, 4) is 0 Å². The van der Waals surface area contributed by atoms with Crippen LogP contribution in [0.3, 0.4) is 0 Å². The molecule has 0 amide bonds. The fourth-order valence-corrected chi connectivity index (χ4v) is 2.48. The molecule has 3 heterocycles. The molecule has 3 aliphatic heterocycles. The molecule has 0 aliphatic carbocycles. The van der Waals surface area contributed by atoms with Gasteiger partial charge >= 0.3 is 5.97 Å². The van der Waals surface area contributed by atoms with Crippen LogP contribution in [-0.2, 0) is 4.74 Å². The maximum atomic E-state index is 11.1. The Morgan fingerprint density at radius 3 is 2.56 bits per heavy atom. The van der Waals surface area contributed by atoms with Crippen molar-refractivity contribution < 1.29 is 14.6 Å². The maximum Gasteiger partial charge on any atom is 0.337 e. The number of aromatic carboxylic acids is 1. The second kappa shape index (κ2) is 3.49. The fraction of sp³-hybridized carbons (Fsp3) is 0.417. The molecule has 1 N–H and O–H groups in total. The molecule has 4 nitrogen and oxygen atoms in total. The summed E-state index contributed by atoms with van der Waals surface area (Å²) in [4.78, 5) is 13.2. The number of rotatable bonds is 2. The average Bonchev–Trinajstić information content (AvgIpc) is 2.28. The summed E-state index contributed by atoms with van der Waals surface area (Å²) in [5.74, 6) is -0.865. The van der Waals surface area contributed by atoms with Gasteiger partial charge in [0.05, 0.1) is 23.5 Å². The predicted molar refractivity (Wildman–Crippen MR) is 58.9 cm³/mol. The number of hydrogen-bond donors (Lipinski definition) is 1. The molecular formula is C12H13NO3. The topological polar surface area (TPSA) is 49.8 Å². The van der Waals surface area contributed by atoms with E-state index in [1.165, 1.54) is 0 Å². The lowest BCUT2D eigenvalue weighted by molar-refractivity contribution is -0.133. The van der Waals surface area contributed by atoms with Crippen LogP contribution < -0.4 is 4.90 Å². The first-order chi connectivity index (χ1) is 7.74. The molecule has 3 aliphatic rings. The summed E-state index contributed by atoms with van der Waals surface area (Å²) in [6, 6.07) is 7.16. The number of benzene rings is 1. The van der Waals surface area contributed by atoms with Gasteiger partial charge in [-0.05, 0) is 12.1 Å². The second-order valence-corrected chi connectivity index (χ2v) is 4.34. The van der Waals surface area contributed by atoms with Crippen molar-refractivity contribution in [1.82, 2.24) is 0 Å². The fourth-order valence-electron chi connectivity index (χ4n) is 2.48. The highest BCUT2D eigenvalue weighted by molar-refractivity contribution is 5.94. The normalized spacial score (nSPS) is 27.4. The van der Waals surface area contributed by atoms with Crippen LogP contribution in [0.2, 0.25) is 0 Å². The molecule has 1 aromatic rings. The number of hydrogen-bond acceptors (Lipinski definition) is 3. The van der Waals surface area contributed by atoms with E-state index in [-0.39, 0.29) is 0 Å². The standard InChI is InChI=1S/C12H13NO3/c14-12(15)10-3-1-2-4-11(10)13-6-8-5-9(7-13)16-8/h1-4,8-9H,5-7H2,(H,14,15). The van der Waals surface area contributed by atoms with Crippen molar-refractivity contribution >= 4 is 11.7 Å². The number of piperidine rings is 1. The highest BCUT2D eigenvalue weighted by atomic mass is 16.5. The minimum Gasteiger partial charge on any atom is -0.478 e. The van der Waals surface area contributed by atoms with Crippen molar-refractivity contribution in [2.24, 2.45) is 0 Å². The first kappa shape index (κ1) is 9.66. The van der Waals surface area contributed by atoms with Crippen LogP contribution in [0.15, 0.2) is 24.3 Å². The van der Waals surface area contributed by atoms with Crippen molar-refractivity contribution in [1.29, 1.82) is 0 Å². The third-order valence-electron chi connectivity index (χ3n) is 3.23. The first-order valence-corrected chi connectivity index (χ1v) is 5.47. The third-order valence-corrected chi connectivity index (χ3v) is 3.23. The molecule has 3 fully saturated rings. The Kier molecular flexibility index (Phi) is 2.11. The van der Waals surface area contributed by atoms with E-state index in [1.807, 2.05) is 12.1 Å². The average molecular weight is 219 g/mol. The minimum absolute atomic E-state index is 0.292. The number of ether oxygens (including phenoxy) is 1. The molecule has 2 unspecified atom stereocenters. The minimum atomic E-state index is -0.865. The zero-order valence-corrected chi connectivity index (χ0v) is 8.80. The maximum absolute atomic E-state index is 11.1. The van der Waals surface area contributed by atoms with Gasteiger partial charge in [0.25, 0.3) is 0 Å². The Hall–Kier alpha value is -1.55. The van der Waals surface area contributed by atoms with Crippen LogP contribution in [0.25, 0.3) is 0 Å². The van der Waals surface area contributed by atoms with Crippen LogP contribution in [0.1, 0.15) is 16.8 Å². The van der Waals surface area contributed by atoms with Crippen LogP contribution in [0, 0.1) is 0 Å². The highest BCUT2D eigenvalue weighted by Gasteiger charge is 2.39. The number of anilines is 1. The number of carboxylic acids is 1. The summed E-state index contributed by atoms with van der Waals surface area (Å²) < 4.78 is 5.54. The van der Waals surface area contributed by atoms with E-state index in [9.17, 15) is 4.79 Å².